The van der Waals surface area contributed by atoms with Gasteiger partial charge >= 0.3 is 0 Å². The highest BCUT2D eigenvalue weighted by Crippen LogP contribution is 2.27. The van der Waals surface area contributed by atoms with Crippen molar-refractivity contribution in [3.63, 3.8) is 0 Å². The molecule has 1 atom stereocenters. The van der Waals surface area contributed by atoms with Crippen molar-refractivity contribution < 1.29 is 17.5 Å². The first-order valence-corrected chi connectivity index (χ1v) is 11.6. The molecule has 1 fully saturated rings. The van der Waals surface area contributed by atoms with Crippen molar-refractivity contribution in [1.29, 1.82) is 0 Å². The van der Waals surface area contributed by atoms with E-state index in [9.17, 15) is 12.8 Å². The third kappa shape index (κ3) is 4.98. The monoisotopic (exact) mass is 428 g/mol. The van der Waals surface area contributed by atoms with E-state index in [1.807, 2.05) is 24.3 Å². The van der Waals surface area contributed by atoms with E-state index in [1.165, 1.54) is 17.5 Å². The van der Waals surface area contributed by atoms with E-state index >= 15 is 0 Å². The smallest absolute Gasteiger partial charge is 0.240 e. The first kappa shape index (κ1) is 20.8. The van der Waals surface area contributed by atoms with Gasteiger partial charge in [0.2, 0.25) is 10.0 Å². The zero-order valence-electron chi connectivity index (χ0n) is 16.6. The highest BCUT2D eigenvalue weighted by Gasteiger charge is 2.24. The quantitative estimate of drug-likeness (QED) is 0.555. The van der Waals surface area contributed by atoms with Gasteiger partial charge in [0.25, 0.3) is 0 Å². The van der Waals surface area contributed by atoms with Gasteiger partial charge in [-0.15, -0.1) is 0 Å². The van der Waals surface area contributed by atoms with Gasteiger partial charge < -0.3 is 4.74 Å². The number of sulfonamides is 1. The molecule has 30 heavy (non-hydrogen) atoms. The van der Waals surface area contributed by atoms with Gasteiger partial charge in [0, 0.05) is 25.0 Å². The number of halogens is 1. The van der Waals surface area contributed by atoms with E-state index in [4.69, 9.17) is 4.74 Å². The molecule has 0 aliphatic carbocycles. The summed E-state index contributed by atoms with van der Waals surface area (Å²) in [5.74, 6) is 0.454. The van der Waals surface area contributed by atoms with Gasteiger partial charge in [-0.1, -0.05) is 36.4 Å². The Kier molecular flexibility index (Phi) is 6.32. The van der Waals surface area contributed by atoms with Crippen molar-refractivity contribution in [3.05, 3.63) is 72.5 Å². The maximum atomic E-state index is 13.0. The predicted molar refractivity (Wildman–Crippen MR) is 116 cm³/mol. The molecular formula is C23H25FN2O3S. The molecule has 1 aliphatic rings. The number of ether oxygens (including phenoxy) is 1. The van der Waals surface area contributed by atoms with Gasteiger partial charge in [-0.05, 0) is 55.1 Å². The fraction of sp³-hybridized carbons (Fsp3) is 0.304. The maximum Gasteiger partial charge on any atom is 0.240 e. The van der Waals surface area contributed by atoms with Crippen molar-refractivity contribution in [2.45, 2.75) is 23.8 Å². The van der Waals surface area contributed by atoms with Crippen LogP contribution in [0, 0.1) is 5.82 Å². The van der Waals surface area contributed by atoms with E-state index in [0.29, 0.717) is 13.0 Å². The van der Waals surface area contributed by atoms with E-state index in [0.717, 1.165) is 49.3 Å². The standard InChI is InChI=1S/C23H25FN2O3S/c24-19-9-11-21(12-10-19)30(27,28)25-14-4-15-26-16-13-20(17-26)29-23-8-3-6-18-5-1-2-7-22(18)23/h1-3,5-12,20,25H,4,13-17H2. The number of rotatable bonds is 8. The summed E-state index contributed by atoms with van der Waals surface area (Å²) in [6, 6.07) is 19.1. The zero-order valence-corrected chi connectivity index (χ0v) is 17.4. The fourth-order valence-corrected chi connectivity index (χ4v) is 4.85. The Balaban J connectivity index is 1.24. The lowest BCUT2D eigenvalue weighted by molar-refractivity contribution is 0.202. The minimum atomic E-state index is -3.60. The number of fused-ring (bicyclic) bond motifs is 1. The van der Waals surface area contributed by atoms with Crippen molar-refractivity contribution in [1.82, 2.24) is 9.62 Å². The van der Waals surface area contributed by atoms with E-state index in [1.54, 1.807) is 0 Å². The van der Waals surface area contributed by atoms with E-state index in [2.05, 4.69) is 27.8 Å². The molecule has 0 bridgehead atoms. The van der Waals surface area contributed by atoms with Crippen LogP contribution in [0.15, 0.2) is 71.6 Å². The second-order valence-electron chi connectivity index (χ2n) is 7.51. The van der Waals surface area contributed by atoms with E-state index in [-0.39, 0.29) is 11.0 Å². The van der Waals surface area contributed by atoms with Gasteiger partial charge in [-0.2, -0.15) is 0 Å². The van der Waals surface area contributed by atoms with Crippen LogP contribution in [-0.4, -0.2) is 45.6 Å². The number of hydrogen-bond donors (Lipinski definition) is 1. The summed E-state index contributed by atoms with van der Waals surface area (Å²) in [5.41, 5.74) is 0. The number of likely N-dealkylation sites (tertiary alicyclic amines) is 1. The molecule has 3 aromatic rings. The average Bonchev–Trinajstić information content (AvgIpc) is 3.19. The van der Waals surface area contributed by atoms with Crippen molar-refractivity contribution >= 4 is 20.8 Å². The van der Waals surface area contributed by atoms with Crippen molar-refractivity contribution in [3.8, 4) is 5.75 Å². The van der Waals surface area contributed by atoms with Crippen LogP contribution >= 0.6 is 0 Å². The molecule has 1 N–H and O–H groups in total. The van der Waals surface area contributed by atoms with Crippen molar-refractivity contribution in [2.24, 2.45) is 0 Å². The Morgan fingerprint density at radius 2 is 1.80 bits per heavy atom. The summed E-state index contributed by atoms with van der Waals surface area (Å²) in [6.45, 7) is 2.89. The molecule has 4 rings (SSSR count). The van der Waals surface area contributed by atoms with Gasteiger partial charge in [0.05, 0.1) is 4.90 Å². The first-order valence-electron chi connectivity index (χ1n) is 10.1. The van der Waals surface area contributed by atoms with Gasteiger partial charge in [-0.25, -0.2) is 17.5 Å². The maximum absolute atomic E-state index is 13.0. The Bertz CT molecular complexity index is 1100. The van der Waals surface area contributed by atoms with Crippen LogP contribution in [0.1, 0.15) is 12.8 Å². The summed E-state index contributed by atoms with van der Waals surface area (Å²) in [5, 5.41) is 2.28. The van der Waals surface area contributed by atoms with E-state index < -0.39 is 15.8 Å². The SMILES string of the molecule is O=S(=O)(NCCCN1CCC(Oc2cccc3ccccc23)C1)c1ccc(F)cc1. The highest BCUT2D eigenvalue weighted by atomic mass is 32.2. The van der Waals surface area contributed by atoms with Crippen molar-refractivity contribution in [2.75, 3.05) is 26.2 Å². The molecular weight excluding hydrogens is 403 g/mol. The molecule has 0 radical (unpaired) electrons. The molecule has 158 valence electrons. The largest absolute Gasteiger partial charge is 0.488 e. The molecule has 1 saturated heterocycles. The topological polar surface area (TPSA) is 58.6 Å². The Hall–Kier alpha value is -2.48. The number of benzene rings is 3. The minimum absolute atomic E-state index is 0.0774. The third-order valence-electron chi connectivity index (χ3n) is 5.34. The molecule has 0 spiro atoms. The van der Waals surface area contributed by atoms with Gasteiger partial charge in [0.15, 0.2) is 0 Å². The second kappa shape index (κ2) is 9.12. The highest BCUT2D eigenvalue weighted by molar-refractivity contribution is 7.89. The lowest BCUT2D eigenvalue weighted by Gasteiger charge is -2.18. The number of hydrogen-bond acceptors (Lipinski definition) is 4. The van der Waals surface area contributed by atoms with Crippen LogP contribution in [0.5, 0.6) is 5.75 Å². The van der Waals surface area contributed by atoms with Crippen LogP contribution in [0.3, 0.4) is 0 Å². The van der Waals surface area contributed by atoms with Crippen LogP contribution in [0.4, 0.5) is 4.39 Å². The lowest BCUT2D eigenvalue weighted by Crippen LogP contribution is -2.30. The average molecular weight is 429 g/mol. The molecule has 0 amide bonds. The molecule has 1 heterocycles. The number of nitrogens with zero attached hydrogens (tertiary/aromatic N) is 1. The molecule has 0 saturated carbocycles. The first-order chi connectivity index (χ1) is 14.5. The summed E-state index contributed by atoms with van der Waals surface area (Å²) in [4.78, 5) is 2.37. The van der Waals surface area contributed by atoms with Gasteiger partial charge in [0.1, 0.15) is 17.7 Å². The summed E-state index contributed by atoms with van der Waals surface area (Å²) < 4.78 is 46.3. The van der Waals surface area contributed by atoms with Crippen LogP contribution in [0.25, 0.3) is 10.8 Å². The molecule has 3 aromatic carbocycles. The zero-order chi connectivity index (χ0) is 21.0. The predicted octanol–water partition coefficient (Wildman–Crippen LogP) is 3.80. The summed E-state index contributed by atoms with van der Waals surface area (Å²) in [6.07, 6.45) is 1.78. The lowest BCUT2D eigenvalue weighted by atomic mass is 10.1. The molecule has 1 unspecified atom stereocenters. The molecule has 1 aliphatic heterocycles. The summed E-state index contributed by atoms with van der Waals surface area (Å²) in [7, 11) is -3.60. The Morgan fingerprint density at radius 3 is 2.63 bits per heavy atom. The summed E-state index contributed by atoms with van der Waals surface area (Å²) >= 11 is 0. The van der Waals surface area contributed by atoms with Crippen LogP contribution < -0.4 is 9.46 Å². The molecule has 7 heteroatoms. The van der Waals surface area contributed by atoms with Crippen LogP contribution in [-0.2, 0) is 10.0 Å². The normalized spacial score (nSPS) is 17.4. The van der Waals surface area contributed by atoms with Gasteiger partial charge in [-0.3, -0.25) is 4.90 Å². The fourth-order valence-electron chi connectivity index (χ4n) is 3.78. The third-order valence-corrected chi connectivity index (χ3v) is 6.82. The number of nitrogens with one attached hydrogen (secondary N) is 1. The second-order valence-corrected chi connectivity index (χ2v) is 9.28. The van der Waals surface area contributed by atoms with Crippen LogP contribution in [0.2, 0.25) is 0 Å². The molecule has 5 nitrogen and oxygen atoms in total. The Labute approximate surface area is 176 Å². The Morgan fingerprint density at radius 1 is 1.03 bits per heavy atom. The molecule has 0 aromatic heterocycles. The minimum Gasteiger partial charge on any atom is -0.488 e.